The number of aryl methyl sites for hydroxylation is 1. The van der Waals surface area contributed by atoms with Gasteiger partial charge in [-0.05, 0) is 31.9 Å². The topological polar surface area (TPSA) is 68.0 Å². The van der Waals surface area contributed by atoms with Gasteiger partial charge >= 0.3 is 0 Å². The standard InChI is InChI=1S/C12H15N3OS/c1-8-7-9(3-6-14-8)15-11(16)12(10(13)17)4-2-5-12/h3,6-7H,2,4-5H2,1H3,(H2,13,17)(H,14,15,16). The molecule has 5 heteroatoms. The van der Waals surface area contributed by atoms with Gasteiger partial charge in [-0.1, -0.05) is 18.6 Å². The number of anilines is 1. The zero-order valence-corrected chi connectivity index (χ0v) is 10.5. The zero-order chi connectivity index (χ0) is 12.5. The van der Waals surface area contributed by atoms with Crippen LogP contribution in [0.4, 0.5) is 5.69 Å². The highest BCUT2D eigenvalue weighted by molar-refractivity contribution is 7.80. The third-order valence-electron chi connectivity index (χ3n) is 3.27. The van der Waals surface area contributed by atoms with E-state index in [0.29, 0.717) is 4.99 Å². The van der Waals surface area contributed by atoms with Crippen LogP contribution >= 0.6 is 12.2 Å². The molecule has 1 aliphatic carbocycles. The maximum absolute atomic E-state index is 12.2. The number of nitrogens with zero attached hydrogens (tertiary/aromatic N) is 1. The monoisotopic (exact) mass is 249 g/mol. The Balaban J connectivity index is 2.14. The maximum atomic E-state index is 12.2. The van der Waals surface area contributed by atoms with Crippen molar-refractivity contribution in [3.05, 3.63) is 24.0 Å². The molecule has 0 radical (unpaired) electrons. The fourth-order valence-corrected chi connectivity index (χ4v) is 2.29. The fourth-order valence-electron chi connectivity index (χ4n) is 1.99. The van der Waals surface area contributed by atoms with E-state index in [1.807, 2.05) is 13.0 Å². The van der Waals surface area contributed by atoms with E-state index < -0.39 is 5.41 Å². The van der Waals surface area contributed by atoms with E-state index in [4.69, 9.17) is 18.0 Å². The predicted octanol–water partition coefficient (Wildman–Crippen LogP) is 1.78. The highest BCUT2D eigenvalue weighted by atomic mass is 32.1. The second-order valence-corrected chi connectivity index (χ2v) is 4.88. The Morgan fingerprint density at radius 2 is 2.29 bits per heavy atom. The van der Waals surface area contributed by atoms with Crippen LogP contribution in [0.15, 0.2) is 18.3 Å². The minimum Gasteiger partial charge on any atom is -0.392 e. The summed E-state index contributed by atoms with van der Waals surface area (Å²) in [5.74, 6) is -0.0955. The van der Waals surface area contributed by atoms with Gasteiger partial charge in [0.1, 0.15) is 0 Å². The molecule has 90 valence electrons. The molecule has 1 amide bonds. The third kappa shape index (κ3) is 2.15. The van der Waals surface area contributed by atoms with Crippen molar-refractivity contribution in [2.45, 2.75) is 26.2 Å². The van der Waals surface area contributed by atoms with Crippen LogP contribution < -0.4 is 11.1 Å². The summed E-state index contributed by atoms with van der Waals surface area (Å²) in [6, 6.07) is 3.58. The van der Waals surface area contributed by atoms with Crippen molar-refractivity contribution in [1.82, 2.24) is 4.98 Å². The van der Waals surface area contributed by atoms with E-state index >= 15 is 0 Å². The van der Waals surface area contributed by atoms with E-state index in [0.717, 1.165) is 30.6 Å². The van der Waals surface area contributed by atoms with Crippen molar-refractivity contribution < 1.29 is 4.79 Å². The summed E-state index contributed by atoms with van der Waals surface area (Å²) in [6.07, 6.45) is 4.16. The number of nitrogens with two attached hydrogens (primary N) is 1. The minimum absolute atomic E-state index is 0.0955. The third-order valence-corrected chi connectivity index (χ3v) is 3.66. The van der Waals surface area contributed by atoms with Crippen molar-refractivity contribution in [2.24, 2.45) is 11.1 Å². The highest BCUT2D eigenvalue weighted by Crippen LogP contribution is 2.42. The molecule has 17 heavy (non-hydrogen) atoms. The van der Waals surface area contributed by atoms with Gasteiger partial charge in [0.05, 0.1) is 10.4 Å². The normalized spacial score (nSPS) is 17.0. The van der Waals surface area contributed by atoms with E-state index in [-0.39, 0.29) is 5.91 Å². The van der Waals surface area contributed by atoms with Crippen LogP contribution in [0.3, 0.4) is 0 Å². The van der Waals surface area contributed by atoms with Crippen LogP contribution in [0, 0.1) is 12.3 Å². The number of thiocarbonyl (C=S) groups is 1. The largest absolute Gasteiger partial charge is 0.392 e. The number of carbonyl (C=O) groups excluding carboxylic acids is 1. The highest BCUT2D eigenvalue weighted by Gasteiger charge is 2.46. The molecule has 0 atom stereocenters. The van der Waals surface area contributed by atoms with Crippen molar-refractivity contribution >= 4 is 28.8 Å². The number of aromatic nitrogens is 1. The molecular weight excluding hydrogens is 234 g/mol. The molecule has 1 aliphatic rings. The number of pyridine rings is 1. The van der Waals surface area contributed by atoms with Crippen molar-refractivity contribution in [1.29, 1.82) is 0 Å². The minimum atomic E-state index is -0.632. The molecule has 0 aliphatic heterocycles. The molecule has 0 unspecified atom stereocenters. The van der Waals surface area contributed by atoms with E-state index in [1.165, 1.54) is 0 Å². The Kier molecular flexibility index (Phi) is 3.11. The van der Waals surface area contributed by atoms with Gasteiger partial charge in [-0.25, -0.2) is 0 Å². The molecule has 1 aromatic heterocycles. The first-order chi connectivity index (χ1) is 8.04. The quantitative estimate of drug-likeness (QED) is 0.801. The lowest BCUT2D eigenvalue weighted by Crippen LogP contribution is -2.50. The van der Waals surface area contributed by atoms with Crippen LogP contribution in [-0.2, 0) is 4.79 Å². The molecule has 2 rings (SSSR count). The molecule has 0 saturated heterocycles. The summed E-state index contributed by atoms with van der Waals surface area (Å²) in [7, 11) is 0. The van der Waals surface area contributed by atoms with Gasteiger partial charge in [0.25, 0.3) is 0 Å². The molecule has 3 N–H and O–H groups in total. The lowest BCUT2D eigenvalue weighted by Gasteiger charge is -2.39. The summed E-state index contributed by atoms with van der Waals surface area (Å²) in [4.78, 5) is 16.5. The Labute approximate surface area is 106 Å². The molecule has 0 spiro atoms. The van der Waals surface area contributed by atoms with Gasteiger partial charge in [-0.3, -0.25) is 9.78 Å². The second kappa shape index (κ2) is 4.41. The summed E-state index contributed by atoms with van der Waals surface area (Å²) in [5.41, 5.74) is 6.65. The van der Waals surface area contributed by atoms with Gasteiger partial charge in [0.2, 0.25) is 5.91 Å². The number of amides is 1. The van der Waals surface area contributed by atoms with Gasteiger partial charge in [-0.15, -0.1) is 0 Å². The average molecular weight is 249 g/mol. The van der Waals surface area contributed by atoms with Crippen LogP contribution in [0.25, 0.3) is 0 Å². The number of hydrogen-bond donors (Lipinski definition) is 2. The first-order valence-electron chi connectivity index (χ1n) is 5.59. The fraction of sp³-hybridized carbons (Fsp3) is 0.417. The van der Waals surface area contributed by atoms with Crippen molar-refractivity contribution in [2.75, 3.05) is 5.32 Å². The molecule has 1 fully saturated rings. The SMILES string of the molecule is Cc1cc(NC(=O)C2(C(N)=S)CCC2)ccn1. The Morgan fingerprint density at radius 1 is 1.59 bits per heavy atom. The molecule has 4 nitrogen and oxygen atoms in total. The van der Waals surface area contributed by atoms with Crippen LogP contribution in [0.1, 0.15) is 25.0 Å². The average Bonchev–Trinajstić information content (AvgIpc) is 2.14. The van der Waals surface area contributed by atoms with E-state index in [9.17, 15) is 4.79 Å². The first-order valence-corrected chi connectivity index (χ1v) is 5.99. The first kappa shape index (κ1) is 12.0. The smallest absolute Gasteiger partial charge is 0.237 e. The molecule has 1 saturated carbocycles. The van der Waals surface area contributed by atoms with Crippen LogP contribution in [0.2, 0.25) is 0 Å². The summed E-state index contributed by atoms with van der Waals surface area (Å²) < 4.78 is 0. The Bertz CT molecular complexity index is 469. The predicted molar refractivity (Wildman–Crippen MR) is 70.7 cm³/mol. The zero-order valence-electron chi connectivity index (χ0n) is 9.69. The Morgan fingerprint density at radius 3 is 2.76 bits per heavy atom. The number of carbonyl (C=O) groups is 1. The number of rotatable bonds is 3. The lowest BCUT2D eigenvalue weighted by atomic mass is 9.68. The Hall–Kier alpha value is -1.49. The van der Waals surface area contributed by atoms with E-state index in [1.54, 1.807) is 12.3 Å². The van der Waals surface area contributed by atoms with Crippen LogP contribution in [0.5, 0.6) is 0 Å². The van der Waals surface area contributed by atoms with Crippen molar-refractivity contribution in [3.63, 3.8) is 0 Å². The molecule has 0 aromatic carbocycles. The summed E-state index contributed by atoms with van der Waals surface area (Å²) in [5, 5.41) is 2.86. The number of nitrogens with one attached hydrogen (secondary N) is 1. The maximum Gasteiger partial charge on any atom is 0.237 e. The molecule has 0 bridgehead atoms. The lowest BCUT2D eigenvalue weighted by molar-refractivity contribution is -0.125. The molecule has 1 aromatic rings. The molecular formula is C12H15N3OS. The summed E-state index contributed by atoms with van der Waals surface area (Å²) >= 11 is 5.00. The number of hydrogen-bond acceptors (Lipinski definition) is 3. The van der Waals surface area contributed by atoms with Gasteiger partial charge in [-0.2, -0.15) is 0 Å². The second-order valence-electron chi connectivity index (χ2n) is 4.44. The van der Waals surface area contributed by atoms with Crippen molar-refractivity contribution in [3.8, 4) is 0 Å². The van der Waals surface area contributed by atoms with Crippen LogP contribution in [-0.4, -0.2) is 15.9 Å². The van der Waals surface area contributed by atoms with Gasteiger partial charge in [0.15, 0.2) is 0 Å². The molecule has 1 heterocycles. The summed E-state index contributed by atoms with van der Waals surface area (Å²) in [6.45, 7) is 1.88. The van der Waals surface area contributed by atoms with Gasteiger partial charge < -0.3 is 11.1 Å². The van der Waals surface area contributed by atoms with E-state index in [2.05, 4.69) is 10.3 Å². The van der Waals surface area contributed by atoms with Gasteiger partial charge in [0, 0.05) is 17.6 Å².